The van der Waals surface area contributed by atoms with Gasteiger partial charge in [0.25, 0.3) is 0 Å². The molecule has 100 valence electrons. The molecule has 0 aliphatic heterocycles. The van der Waals surface area contributed by atoms with Crippen LogP contribution in [0.5, 0.6) is 0 Å². The predicted octanol–water partition coefficient (Wildman–Crippen LogP) is 3.88. The number of amides is 1. The van der Waals surface area contributed by atoms with E-state index in [4.69, 9.17) is 16.7 Å². The van der Waals surface area contributed by atoms with E-state index in [0.717, 1.165) is 5.02 Å². The number of benzene rings is 1. The summed E-state index contributed by atoms with van der Waals surface area (Å²) in [7, 11) is 0. The van der Waals surface area contributed by atoms with E-state index < -0.39 is 6.09 Å². The van der Waals surface area contributed by atoms with Crippen LogP contribution in [0.4, 0.5) is 4.79 Å². The molecule has 0 fully saturated rings. The first kappa shape index (κ1) is 14.8. The first-order valence-corrected chi connectivity index (χ1v) is 6.64. The standard InChI is InChI=1S/C10H11Cl.C4H9NO2/c11-10-7-3-5-8-4-1-2-6-9(8)10;1-3(2)5-4(6)7/h3,5,7H,1-2,4,6H2;3,5H,1-2H3,(H,6,7). The number of nitrogens with one attached hydrogen (secondary N) is 1. The molecular formula is C14H20ClNO2. The fourth-order valence-corrected chi connectivity index (χ4v) is 2.27. The van der Waals surface area contributed by atoms with Gasteiger partial charge in [0.1, 0.15) is 0 Å². The van der Waals surface area contributed by atoms with E-state index in [1.165, 1.54) is 36.8 Å². The third-order valence-electron chi connectivity index (χ3n) is 2.75. The largest absolute Gasteiger partial charge is 0.465 e. The summed E-state index contributed by atoms with van der Waals surface area (Å²) in [5.74, 6) is 0. The van der Waals surface area contributed by atoms with Crippen LogP contribution in [-0.4, -0.2) is 17.2 Å². The van der Waals surface area contributed by atoms with E-state index in [2.05, 4.69) is 11.4 Å². The molecule has 2 N–H and O–H groups in total. The molecule has 0 unspecified atom stereocenters. The van der Waals surface area contributed by atoms with Gasteiger partial charge in [-0.3, -0.25) is 0 Å². The molecular weight excluding hydrogens is 250 g/mol. The molecule has 1 aliphatic rings. The van der Waals surface area contributed by atoms with Crippen LogP contribution in [0.1, 0.15) is 37.8 Å². The Labute approximate surface area is 113 Å². The highest BCUT2D eigenvalue weighted by atomic mass is 35.5. The zero-order valence-corrected chi connectivity index (χ0v) is 11.6. The van der Waals surface area contributed by atoms with Crippen molar-refractivity contribution in [2.24, 2.45) is 0 Å². The summed E-state index contributed by atoms with van der Waals surface area (Å²) in [4.78, 5) is 9.70. The summed E-state index contributed by atoms with van der Waals surface area (Å²) >= 11 is 6.04. The van der Waals surface area contributed by atoms with Crippen molar-refractivity contribution in [3.63, 3.8) is 0 Å². The average Bonchev–Trinajstić information content (AvgIpc) is 2.29. The first-order valence-electron chi connectivity index (χ1n) is 6.26. The lowest BCUT2D eigenvalue weighted by Gasteiger charge is -2.15. The Bertz CT molecular complexity index is 405. The molecule has 18 heavy (non-hydrogen) atoms. The van der Waals surface area contributed by atoms with Crippen LogP contribution in [0.25, 0.3) is 0 Å². The van der Waals surface area contributed by atoms with Crippen molar-refractivity contribution in [2.75, 3.05) is 0 Å². The lowest BCUT2D eigenvalue weighted by molar-refractivity contribution is 0.191. The number of carboxylic acid groups (broad SMARTS) is 1. The van der Waals surface area contributed by atoms with Crippen LogP contribution < -0.4 is 5.32 Å². The highest BCUT2D eigenvalue weighted by Gasteiger charge is 2.10. The fraction of sp³-hybridized carbons (Fsp3) is 0.500. The molecule has 3 nitrogen and oxygen atoms in total. The minimum Gasteiger partial charge on any atom is -0.465 e. The summed E-state index contributed by atoms with van der Waals surface area (Å²) < 4.78 is 0. The maximum absolute atomic E-state index is 9.70. The van der Waals surface area contributed by atoms with Gasteiger partial charge < -0.3 is 10.4 Å². The van der Waals surface area contributed by atoms with Crippen molar-refractivity contribution < 1.29 is 9.90 Å². The van der Waals surface area contributed by atoms with Crippen molar-refractivity contribution >= 4 is 17.7 Å². The number of aryl methyl sites for hydroxylation is 1. The molecule has 0 saturated heterocycles. The van der Waals surface area contributed by atoms with Gasteiger partial charge in [-0.25, -0.2) is 4.79 Å². The summed E-state index contributed by atoms with van der Waals surface area (Å²) in [5, 5.41) is 11.2. The molecule has 2 rings (SSSR count). The molecule has 1 aliphatic carbocycles. The second-order valence-electron chi connectivity index (χ2n) is 4.69. The predicted molar refractivity (Wildman–Crippen MR) is 74.4 cm³/mol. The third kappa shape index (κ3) is 4.96. The van der Waals surface area contributed by atoms with Crippen LogP contribution in [0.15, 0.2) is 18.2 Å². The summed E-state index contributed by atoms with van der Waals surface area (Å²) in [6.07, 6.45) is 4.06. The van der Waals surface area contributed by atoms with Crippen molar-refractivity contribution in [2.45, 2.75) is 45.6 Å². The molecule has 0 saturated carbocycles. The Hall–Kier alpha value is -1.22. The van der Waals surface area contributed by atoms with Crippen LogP contribution in [0.2, 0.25) is 5.02 Å². The SMILES string of the molecule is CC(C)NC(=O)O.Clc1cccc2c1CCCC2. The van der Waals surface area contributed by atoms with Gasteiger partial charge >= 0.3 is 6.09 Å². The molecule has 0 bridgehead atoms. The maximum Gasteiger partial charge on any atom is 0.404 e. The van der Waals surface area contributed by atoms with Gasteiger partial charge in [-0.05, 0) is 56.7 Å². The molecule has 0 atom stereocenters. The highest BCUT2D eigenvalue weighted by molar-refractivity contribution is 6.31. The van der Waals surface area contributed by atoms with E-state index in [1.54, 1.807) is 13.8 Å². The van der Waals surface area contributed by atoms with E-state index >= 15 is 0 Å². The van der Waals surface area contributed by atoms with Crippen LogP contribution >= 0.6 is 11.6 Å². The maximum atomic E-state index is 9.70. The second kappa shape index (κ2) is 7.27. The summed E-state index contributed by atoms with van der Waals surface area (Å²) in [5.41, 5.74) is 2.85. The van der Waals surface area contributed by atoms with Crippen LogP contribution in [0.3, 0.4) is 0 Å². The molecule has 0 radical (unpaired) electrons. The Balaban J connectivity index is 0.000000203. The average molecular weight is 270 g/mol. The van der Waals surface area contributed by atoms with Gasteiger partial charge in [-0.1, -0.05) is 23.7 Å². The Kier molecular flexibility index (Phi) is 5.99. The van der Waals surface area contributed by atoms with Crippen molar-refractivity contribution in [1.29, 1.82) is 0 Å². The van der Waals surface area contributed by atoms with Gasteiger partial charge in [0.05, 0.1) is 0 Å². The van der Waals surface area contributed by atoms with Crippen molar-refractivity contribution in [3.05, 3.63) is 34.3 Å². The van der Waals surface area contributed by atoms with Gasteiger partial charge in [0.15, 0.2) is 0 Å². The van der Waals surface area contributed by atoms with E-state index in [0.29, 0.717) is 0 Å². The molecule has 0 spiro atoms. The number of halogens is 1. The molecule has 0 heterocycles. The Morgan fingerprint density at radius 3 is 2.50 bits per heavy atom. The van der Waals surface area contributed by atoms with Gasteiger partial charge in [-0.15, -0.1) is 0 Å². The third-order valence-corrected chi connectivity index (χ3v) is 3.11. The lowest BCUT2D eigenvalue weighted by Crippen LogP contribution is -2.27. The fourth-order valence-electron chi connectivity index (χ4n) is 1.98. The number of carbonyl (C=O) groups is 1. The smallest absolute Gasteiger partial charge is 0.404 e. The zero-order chi connectivity index (χ0) is 13.5. The zero-order valence-electron chi connectivity index (χ0n) is 10.9. The van der Waals surface area contributed by atoms with Crippen LogP contribution in [-0.2, 0) is 12.8 Å². The molecule has 4 heteroatoms. The highest BCUT2D eigenvalue weighted by Crippen LogP contribution is 2.27. The number of rotatable bonds is 1. The van der Waals surface area contributed by atoms with Crippen molar-refractivity contribution in [1.82, 2.24) is 5.32 Å². The topological polar surface area (TPSA) is 49.3 Å². The second-order valence-corrected chi connectivity index (χ2v) is 5.10. The van der Waals surface area contributed by atoms with E-state index in [-0.39, 0.29) is 6.04 Å². The van der Waals surface area contributed by atoms with Gasteiger partial charge in [-0.2, -0.15) is 0 Å². The minimum atomic E-state index is -0.963. The molecule has 1 aromatic rings. The minimum absolute atomic E-state index is 0.0255. The summed E-state index contributed by atoms with van der Waals surface area (Å²) in [6.45, 7) is 3.54. The Morgan fingerprint density at radius 1 is 1.33 bits per heavy atom. The molecule has 1 amide bonds. The first-order chi connectivity index (χ1) is 8.50. The van der Waals surface area contributed by atoms with E-state index in [9.17, 15) is 4.79 Å². The van der Waals surface area contributed by atoms with Gasteiger partial charge in [0.2, 0.25) is 0 Å². The number of hydrogen-bond acceptors (Lipinski definition) is 1. The summed E-state index contributed by atoms with van der Waals surface area (Å²) in [6, 6.07) is 6.26. The van der Waals surface area contributed by atoms with Crippen molar-refractivity contribution in [3.8, 4) is 0 Å². The lowest BCUT2D eigenvalue weighted by atomic mass is 9.92. The number of hydrogen-bond donors (Lipinski definition) is 2. The Morgan fingerprint density at radius 2 is 2.00 bits per heavy atom. The number of fused-ring (bicyclic) bond motifs is 1. The van der Waals surface area contributed by atoms with Gasteiger partial charge in [0, 0.05) is 11.1 Å². The van der Waals surface area contributed by atoms with Crippen LogP contribution in [0, 0.1) is 0 Å². The molecule has 0 aromatic heterocycles. The van der Waals surface area contributed by atoms with E-state index in [1.807, 2.05) is 12.1 Å². The monoisotopic (exact) mass is 269 g/mol. The normalized spacial score (nSPS) is 13.3. The molecule has 1 aromatic carbocycles. The quantitative estimate of drug-likeness (QED) is 0.813.